The number of aliphatic hydroxyl groups is 1. The molecule has 1 aliphatic heterocycles. The second kappa shape index (κ2) is 4.58. The first-order valence-corrected chi connectivity index (χ1v) is 6.53. The highest BCUT2D eigenvalue weighted by molar-refractivity contribution is 5.92. The van der Waals surface area contributed by atoms with Gasteiger partial charge in [0.1, 0.15) is 0 Å². The van der Waals surface area contributed by atoms with E-state index in [2.05, 4.69) is 22.0 Å². The molecule has 0 unspecified atom stereocenters. The van der Waals surface area contributed by atoms with Gasteiger partial charge in [-0.1, -0.05) is 0 Å². The molecule has 1 aromatic carbocycles. The molecule has 1 aromatic heterocycles. The zero-order valence-corrected chi connectivity index (χ0v) is 10.7. The van der Waals surface area contributed by atoms with E-state index >= 15 is 0 Å². The van der Waals surface area contributed by atoms with Crippen LogP contribution in [-0.4, -0.2) is 23.2 Å². The minimum absolute atomic E-state index is 0.0807. The monoisotopic (exact) mass is 242 g/mol. The van der Waals surface area contributed by atoms with Gasteiger partial charge >= 0.3 is 0 Å². The molecule has 0 spiro atoms. The molecule has 3 nitrogen and oxygen atoms in total. The molecule has 1 saturated heterocycles. The molecule has 0 saturated carbocycles. The van der Waals surface area contributed by atoms with Crippen LogP contribution >= 0.6 is 0 Å². The second-order valence-corrected chi connectivity index (χ2v) is 4.98. The highest BCUT2D eigenvalue weighted by Crippen LogP contribution is 2.30. The molecular weight excluding hydrogens is 224 g/mol. The third-order valence-corrected chi connectivity index (χ3v) is 3.79. The first-order chi connectivity index (χ1) is 8.79. The third-order valence-electron chi connectivity index (χ3n) is 3.79. The van der Waals surface area contributed by atoms with Crippen LogP contribution in [0.4, 0.5) is 5.69 Å². The Labute approximate surface area is 107 Å². The van der Waals surface area contributed by atoms with E-state index < -0.39 is 0 Å². The Morgan fingerprint density at radius 2 is 2.06 bits per heavy atom. The third kappa shape index (κ3) is 1.85. The maximum atomic E-state index is 9.32. The Kier molecular flexibility index (Phi) is 2.92. The lowest BCUT2D eigenvalue weighted by molar-refractivity contribution is 0.281. The Morgan fingerprint density at radius 1 is 1.28 bits per heavy atom. The standard InChI is InChI=1S/C15H18N2O/c1-11-8-13-14(9-12(11)10-18)16-5-4-15(13)17-6-2-3-7-17/h4-5,8-9,18H,2-3,6-7,10H2,1H3. The van der Waals surface area contributed by atoms with Crippen LogP contribution < -0.4 is 4.90 Å². The van der Waals surface area contributed by atoms with Crippen molar-refractivity contribution in [1.29, 1.82) is 0 Å². The fraction of sp³-hybridized carbons (Fsp3) is 0.400. The van der Waals surface area contributed by atoms with E-state index in [0.717, 1.165) is 29.7 Å². The van der Waals surface area contributed by atoms with Crippen LogP contribution in [0.15, 0.2) is 24.4 Å². The van der Waals surface area contributed by atoms with E-state index in [9.17, 15) is 5.11 Å². The number of aryl methyl sites for hydroxylation is 1. The van der Waals surface area contributed by atoms with Crippen molar-refractivity contribution in [2.75, 3.05) is 18.0 Å². The van der Waals surface area contributed by atoms with Crippen molar-refractivity contribution in [3.8, 4) is 0 Å². The smallest absolute Gasteiger partial charge is 0.0726 e. The highest BCUT2D eigenvalue weighted by Gasteiger charge is 2.15. The number of rotatable bonds is 2. The summed E-state index contributed by atoms with van der Waals surface area (Å²) in [5.74, 6) is 0. The molecule has 18 heavy (non-hydrogen) atoms. The fourth-order valence-corrected chi connectivity index (χ4v) is 2.73. The van der Waals surface area contributed by atoms with Crippen molar-refractivity contribution in [3.63, 3.8) is 0 Å². The molecule has 0 radical (unpaired) electrons. The van der Waals surface area contributed by atoms with E-state index in [1.165, 1.54) is 23.9 Å². The number of hydrogen-bond donors (Lipinski definition) is 1. The van der Waals surface area contributed by atoms with Crippen LogP contribution in [0, 0.1) is 6.92 Å². The molecule has 2 heterocycles. The molecule has 3 heteroatoms. The summed E-state index contributed by atoms with van der Waals surface area (Å²) in [5, 5.41) is 10.5. The van der Waals surface area contributed by atoms with Gasteiger partial charge in [0.2, 0.25) is 0 Å². The molecule has 0 aliphatic carbocycles. The van der Waals surface area contributed by atoms with Gasteiger partial charge in [0.05, 0.1) is 12.1 Å². The summed E-state index contributed by atoms with van der Waals surface area (Å²) in [5.41, 5.74) is 4.37. The molecule has 1 N–H and O–H groups in total. The SMILES string of the molecule is Cc1cc2c(N3CCCC3)ccnc2cc1CO. The normalized spacial score (nSPS) is 15.6. The maximum absolute atomic E-state index is 9.32. The molecule has 1 aliphatic rings. The van der Waals surface area contributed by atoms with E-state index in [4.69, 9.17) is 0 Å². The van der Waals surface area contributed by atoms with E-state index in [1.54, 1.807) is 0 Å². The first kappa shape index (κ1) is 11.5. The summed E-state index contributed by atoms with van der Waals surface area (Å²) < 4.78 is 0. The molecule has 3 rings (SSSR count). The van der Waals surface area contributed by atoms with Gasteiger partial charge in [0.25, 0.3) is 0 Å². The molecule has 0 bridgehead atoms. The largest absolute Gasteiger partial charge is 0.392 e. The fourth-order valence-electron chi connectivity index (χ4n) is 2.73. The molecule has 0 amide bonds. The number of nitrogens with zero attached hydrogens (tertiary/aromatic N) is 2. The average molecular weight is 242 g/mol. The Balaban J connectivity index is 2.17. The number of anilines is 1. The van der Waals surface area contributed by atoms with E-state index in [1.807, 2.05) is 19.2 Å². The van der Waals surface area contributed by atoms with Crippen LogP contribution in [0.5, 0.6) is 0 Å². The van der Waals surface area contributed by atoms with Gasteiger partial charge in [-0.05, 0) is 49.1 Å². The molecule has 2 aromatic rings. The lowest BCUT2D eigenvalue weighted by Gasteiger charge is -2.20. The van der Waals surface area contributed by atoms with E-state index in [-0.39, 0.29) is 6.61 Å². The summed E-state index contributed by atoms with van der Waals surface area (Å²) in [6, 6.07) is 6.26. The summed E-state index contributed by atoms with van der Waals surface area (Å²) >= 11 is 0. The average Bonchev–Trinajstić information content (AvgIpc) is 2.91. The van der Waals surface area contributed by atoms with Crippen LogP contribution in [0.2, 0.25) is 0 Å². The van der Waals surface area contributed by atoms with Gasteiger partial charge in [-0.3, -0.25) is 4.98 Å². The number of fused-ring (bicyclic) bond motifs is 1. The van der Waals surface area contributed by atoms with Gasteiger partial charge in [-0.15, -0.1) is 0 Å². The lowest BCUT2D eigenvalue weighted by Crippen LogP contribution is -2.18. The number of hydrogen-bond acceptors (Lipinski definition) is 3. The maximum Gasteiger partial charge on any atom is 0.0726 e. The molecule has 0 atom stereocenters. The number of aliphatic hydroxyl groups excluding tert-OH is 1. The highest BCUT2D eigenvalue weighted by atomic mass is 16.3. The number of aromatic nitrogens is 1. The van der Waals surface area contributed by atoms with Gasteiger partial charge in [0.15, 0.2) is 0 Å². The van der Waals surface area contributed by atoms with Crippen molar-refractivity contribution in [2.45, 2.75) is 26.4 Å². The first-order valence-electron chi connectivity index (χ1n) is 6.53. The number of pyridine rings is 1. The van der Waals surface area contributed by atoms with Crippen molar-refractivity contribution in [2.24, 2.45) is 0 Å². The Morgan fingerprint density at radius 3 is 2.78 bits per heavy atom. The topological polar surface area (TPSA) is 36.4 Å². The van der Waals surface area contributed by atoms with Crippen molar-refractivity contribution in [3.05, 3.63) is 35.5 Å². The van der Waals surface area contributed by atoms with Crippen molar-refractivity contribution in [1.82, 2.24) is 4.98 Å². The predicted octanol–water partition coefficient (Wildman–Crippen LogP) is 2.64. The summed E-state index contributed by atoms with van der Waals surface area (Å²) in [7, 11) is 0. The number of benzene rings is 1. The van der Waals surface area contributed by atoms with Gasteiger partial charge in [-0.2, -0.15) is 0 Å². The Hall–Kier alpha value is -1.61. The molecule has 94 valence electrons. The quantitative estimate of drug-likeness (QED) is 0.879. The lowest BCUT2D eigenvalue weighted by atomic mass is 10.0. The predicted molar refractivity (Wildman–Crippen MR) is 73.8 cm³/mol. The summed E-state index contributed by atoms with van der Waals surface area (Å²) in [6.45, 7) is 4.41. The van der Waals surface area contributed by atoms with Crippen LogP contribution in [-0.2, 0) is 6.61 Å². The van der Waals surface area contributed by atoms with Crippen molar-refractivity contribution < 1.29 is 5.11 Å². The Bertz CT molecular complexity index is 574. The zero-order valence-electron chi connectivity index (χ0n) is 10.7. The van der Waals surface area contributed by atoms with Crippen LogP contribution in [0.25, 0.3) is 10.9 Å². The summed E-state index contributed by atoms with van der Waals surface area (Å²) in [4.78, 5) is 6.86. The van der Waals surface area contributed by atoms with Gasteiger partial charge in [-0.25, -0.2) is 0 Å². The van der Waals surface area contributed by atoms with Crippen LogP contribution in [0.1, 0.15) is 24.0 Å². The van der Waals surface area contributed by atoms with Gasteiger partial charge in [0, 0.05) is 30.4 Å². The minimum atomic E-state index is 0.0807. The molecular formula is C15H18N2O. The second-order valence-electron chi connectivity index (χ2n) is 4.98. The zero-order chi connectivity index (χ0) is 12.5. The van der Waals surface area contributed by atoms with Crippen LogP contribution in [0.3, 0.4) is 0 Å². The van der Waals surface area contributed by atoms with E-state index in [0.29, 0.717) is 0 Å². The molecule has 1 fully saturated rings. The minimum Gasteiger partial charge on any atom is -0.392 e. The van der Waals surface area contributed by atoms with Crippen molar-refractivity contribution >= 4 is 16.6 Å². The van der Waals surface area contributed by atoms with Gasteiger partial charge < -0.3 is 10.0 Å². The summed E-state index contributed by atoms with van der Waals surface area (Å²) in [6.07, 6.45) is 4.42.